The lowest BCUT2D eigenvalue weighted by molar-refractivity contribution is 0.583. The fourth-order valence-electron chi connectivity index (χ4n) is 1.43. The molecule has 0 aliphatic heterocycles. The summed E-state index contributed by atoms with van der Waals surface area (Å²) in [5, 5.41) is 4.11. The van der Waals surface area contributed by atoms with Gasteiger partial charge < -0.3 is 5.73 Å². The largest absolute Gasteiger partial charge is 0.325 e. The van der Waals surface area contributed by atoms with Crippen molar-refractivity contribution in [2.24, 2.45) is 12.8 Å². The maximum atomic E-state index is 5.98. The molecule has 3 nitrogen and oxygen atoms in total. The van der Waals surface area contributed by atoms with Gasteiger partial charge in [0.25, 0.3) is 0 Å². The number of aromatic nitrogens is 2. The first-order valence-corrected chi connectivity index (χ1v) is 4.45. The predicted molar refractivity (Wildman–Crippen MR) is 47.7 cm³/mol. The highest BCUT2D eigenvalue weighted by molar-refractivity contribution is 5.05. The maximum Gasteiger partial charge on any atom is 0.0492 e. The molecule has 1 heterocycles. The normalized spacial score (nSPS) is 19.5. The van der Waals surface area contributed by atoms with Gasteiger partial charge in [-0.05, 0) is 31.7 Å². The first-order chi connectivity index (χ1) is 5.70. The van der Waals surface area contributed by atoms with Gasteiger partial charge in [0.05, 0.1) is 0 Å². The van der Waals surface area contributed by atoms with Gasteiger partial charge in [-0.2, -0.15) is 5.10 Å². The Kier molecular flexibility index (Phi) is 1.68. The second kappa shape index (κ2) is 2.59. The molecule has 12 heavy (non-hydrogen) atoms. The number of hydrogen-bond donors (Lipinski definition) is 1. The molecular formula is C9H15N3. The Bertz CT molecular complexity index is 273. The minimum absolute atomic E-state index is 0.171. The van der Waals surface area contributed by atoms with Crippen LogP contribution >= 0.6 is 0 Å². The summed E-state index contributed by atoms with van der Waals surface area (Å²) in [6.07, 6.45) is 6.40. The van der Waals surface area contributed by atoms with E-state index in [2.05, 4.69) is 11.2 Å². The van der Waals surface area contributed by atoms with Gasteiger partial charge in [0, 0.05) is 24.5 Å². The zero-order valence-electron chi connectivity index (χ0n) is 7.45. The van der Waals surface area contributed by atoms with Crippen LogP contribution in [0.1, 0.15) is 25.0 Å². The van der Waals surface area contributed by atoms with Gasteiger partial charge >= 0.3 is 0 Å². The minimum Gasteiger partial charge on any atom is -0.325 e. The molecule has 0 spiro atoms. The molecular weight excluding hydrogens is 150 g/mol. The van der Waals surface area contributed by atoms with Crippen molar-refractivity contribution in [1.29, 1.82) is 0 Å². The van der Waals surface area contributed by atoms with Gasteiger partial charge in [0.2, 0.25) is 0 Å². The molecule has 0 radical (unpaired) electrons. The van der Waals surface area contributed by atoms with Crippen molar-refractivity contribution in [2.45, 2.75) is 31.2 Å². The third-order valence-corrected chi connectivity index (χ3v) is 2.69. The van der Waals surface area contributed by atoms with Crippen molar-refractivity contribution in [2.75, 3.05) is 0 Å². The lowest BCUT2D eigenvalue weighted by Crippen LogP contribution is -2.22. The third-order valence-electron chi connectivity index (χ3n) is 2.69. The molecule has 1 aromatic heterocycles. The summed E-state index contributed by atoms with van der Waals surface area (Å²) in [5.74, 6) is 0. The number of nitrogens with two attached hydrogens (primary N) is 1. The zero-order valence-corrected chi connectivity index (χ0v) is 7.45. The molecule has 3 heteroatoms. The van der Waals surface area contributed by atoms with Gasteiger partial charge in [0.15, 0.2) is 0 Å². The van der Waals surface area contributed by atoms with Crippen molar-refractivity contribution in [3.05, 3.63) is 18.0 Å². The highest BCUT2D eigenvalue weighted by Crippen LogP contribution is 2.36. The zero-order chi connectivity index (χ0) is 8.60. The first kappa shape index (κ1) is 7.80. The van der Waals surface area contributed by atoms with Crippen molar-refractivity contribution >= 4 is 0 Å². The molecule has 0 atom stereocenters. The molecule has 66 valence electrons. The van der Waals surface area contributed by atoms with Crippen LogP contribution in [0.3, 0.4) is 0 Å². The molecule has 0 amide bonds. The number of hydrogen-bond acceptors (Lipinski definition) is 2. The summed E-state index contributed by atoms with van der Waals surface area (Å²) in [5.41, 5.74) is 7.44. The van der Waals surface area contributed by atoms with Gasteiger partial charge in [-0.15, -0.1) is 0 Å². The summed E-state index contributed by atoms with van der Waals surface area (Å²) < 4.78 is 1.92. The highest BCUT2D eigenvalue weighted by Gasteiger charge is 2.37. The number of rotatable bonds is 3. The van der Waals surface area contributed by atoms with E-state index in [9.17, 15) is 0 Å². The Labute approximate surface area is 72.6 Å². The topological polar surface area (TPSA) is 43.8 Å². The quantitative estimate of drug-likeness (QED) is 0.721. The van der Waals surface area contributed by atoms with E-state index >= 15 is 0 Å². The number of nitrogens with zero attached hydrogens (tertiary/aromatic N) is 2. The van der Waals surface area contributed by atoms with E-state index in [0.29, 0.717) is 0 Å². The van der Waals surface area contributed by atoms with Gasteiger partial charge in [-0.1, -0.05) is 0 Å². The smallest absolute Gasteiger partial charge is 0.0492 e. The van der Waals surface area contributed by atoms with Crippen molar-refractivity contribution in [1.82, 2.24) is 9.78 Å². The van der Waals surface area contributed by atoms with Gasteiger partial charge in [0.1, 0.15) is 0 Å². The first-order valence-electron chi connectivity index (χ1n) is 4.45. The van der Waals surface area contributed by atoms with E-state index in [-0.39, 0.29) is 5.54 Å². The standard InChI is InChI=1S/C9H15N3/c1-12-8(3-7-11-12)2-4-9(10)5-6-9/h3,7H,2,4-6,10H2,1H3. The average Bonchev–Trinajstić information content (AvgIpc) is 2.61. The second-order valence-corrected chi connectivity index (χ2v) is 3.81. The molecule has 2 N–H and O–H groups in total. The predicted octanol–water partition coefficient (Wildman–Crippen LogP) is 0.844. The Morgan fingerprint density at radius 3 is 2.92 bits per heavy atom. The van der Waals surface area contributed by atoms with Gasteiger partial charge in [-0.3, -0.25) is 4.68 Å². The number of aryl methyl sites for hydroxylation is 2. The van der Waals surface area contributed by atoms with Crippen molar-refractivity contribution in [3.63, 3.8) is 0 Å². The molecule has 1 aliphatic rings. The van der Waals surface area contributed by atoms with E-state index in [0.717, 1.165) is 12.8 Å². The molecule has 0 saturated heterocycles. The van der Waals surface area contributed by atoms with Crippen molar-refractivity contribution in [3.8, 4) is 0 Å². The molecule has 0 bridgehead atoms. The van der Waals surface area contributed by atoms with Crippen molar-refractivity contribution < 1.29 is 0 Å². The second-order valence-electron chi connectivity index (χ2n) is 3.81. The third kappa shape index (κ3) is 1.50. The van der Waals surface area contributed by atoms with E-state index < -0.39 is 0 Å². The lowest BCUT2D eigenvalue weighted by atomic mass is 10.1. The van der Waals surface area contributed by atoms with Crippen LogP contribution in [0.4, 0.5) is 0 Å². The SMILES string of the molecule is Cn1nccc1CCC1(N)CC1. The average molecular weight is 165 g/mol. The molecule has 2 rings (SSSR count). The Morgan fingerprint density at radius 2 is 2.42 bits per heavy atom. The van der Waals surface area contributed by atoms with Crippen LogP contribution in [0.5, 0.6) is 0 Å². The highest BCUT2D eigenvalue weighted by atomic mass is 15.2. The summed E-state index contributed by atoms with van der Waals surface area (Å²) >= 11 is 0. The van der Waals surface area contributed by atoms with Crippen LogP contribution in [-0.4, -0.2) is 15.3 Å². The Morgan fingerprint density at radius 1 is 1.67 bits per heavy atom. The van der Waals surface area contributed by atoms with E-state index in [1.54, 1.807) is 0 Å². The molecule has 0 unspecified atom stereocenters. The van der Waals surface area contributed by atoms with E-state index in [1.165, 1.54) is 18.5 Å². The van der Waals surface area contributed by atoms with Crippen LogP contribution in [0.25, 0.3) is 0 Å². The van der Waals surface area contributed by atoms with Crippen LogP contribution in [0, 0.1) is 0 Å². The summed E-state index contributed by atoms with van der Waals surface area (Å²) in [6, 6.07) is 2.06. The fourth-order valence-corrected chi connectivity index (χ4v) is 1.43. The van der Waals surface area contributed by atoms with Crippen LogP contribution < -0.4 is 5.73 Å². The monoisotopic (exact) mass is 165 g/mol. The Balaban J connectivity index is 1.91. The summed E-state index contributed by atoms with van der Waals surface area (Å²) in [4.78, 5) is 0. The maximum absolute atomic E-state index is 5.98. The molecule has 1 aliphatic carbocycles. The van der Waals surface area contributed by atoms with Crippen LogP contribution in [-0.2, 0) is 13.5 Å². The van der Waals surface area contributed by atoms with Crippen LogP contribution in [0.2, 0.25) is 0 Å². The molecule has 1 fully saturated rings. The summed E-state index contributed by atoms with van der Waals surface area (Å²) in [7, 11) is 1.98. The molecule has 1 aromatic rings. The fraction of sp³-hybridized carbons (Fsp3) is 0.667. The summed E-state index contributed by atoms with van der Waals surface area (Å²) in [6.45, 7) is 0. The van der Waals surface area contributed by atoms with Gasteiger partial charge in [-0.25, -0.2) is 0 Å². The minimum atomic E-state index is 0.171. The van der Waals surface area contributed by atoms with E-state index in [4.69, 9.17) is 5.73 Å². The lowest BCUT2D eigenvalue weighted by Gasteiger charge is -2.07. The molecule has 1 saturated carbocycles. The molecule has 0 aromatic carbocycles. The van der Waals surface area contributed by atoms with E-state index in [1.807, 2.05) is 17.9 Å². The van der Waals surface area contributed by atoms with Crippen LogP contribution in [0.15, 0.2) is 12.3 Å². The Hall–Kier alpha value is -0.830.